The van der Waals surface area contributed by atoms with Gasteiger partial charge >= 0.3 is 18.2 Å². The summed E-state index contributed by atoms with van der Waals surface area (Å²) in [5.41, 5.74) is 0.926. The Hall–Kier alpha value is -4.38. The second kappa shape index (κ2) is 15.5. The van der Waals surface area contributed by atoms with Crippen molar-refractivity contribution in [3.8, 4) is 5.75 Å². The molecule has 11 heteroatoms. The number of nitrogens with zero attached hydrogens (tertiary/aromatic N) is 3. The number of piperidine rings is 1. The predicted molar refractivity (Wildman–Crippen MR) is 177 cm³/mol. The van der Waals surface area contributed by atoms with Crippen LogP contribution in [-0.2, 0) is 30.3 Å². The van der Waals surface area contributed by atoms with Crippen molar-refractivity contribution in [2.24, 2.45) is 0 Å². The number of carbonyl (C=O) groups excluding carboxylic acids is 3. The van der Waals surface area contributed by atoms with Crippen molar-refractivity contribution >= 4 is 29.1 Å². The maximum Gasteiger partial charge on any atom is 0.509 e. The maximum absolute atomic E-state index is 13.3. The highest BCUT2D eigenvalue weighted by Gasteiger charge is 2.34. The molecule has 11 nitrogen and oxygen atoms in total. The van der Waals surface area contributed by atoms with Gasteiger partial charge in [0.2, 0.25) is 0 Å². The van der Waals surface area contributed by atoms with Gasteiger partial charge in [-0.1, -0.05) is 30.3 Å². The van der Waals surface area contributed by atoms with Crippen molar-refractivity contribution in [2.45, 2.75) is 84.3 Å². The first-order chi connectivity index (χ1) is 22.2. The van der Waals surface area contributed by atoms with Gasteiger partial charge < -0.3 is 23.7 Å². The molecule has 1 aliphatic heterocycles. The number of rotatable bonds is 10. The second-order valence-electron chi connectivity index (χ2n) is 13.6. The van der Waals surface area contributed by atoms with Crippen LogP contribution in [0, 0.1) is 0 Å². The third-order valence-corrected chi connectivity index (χ3v) is 7.55. The van der Waals surface area contributed by atoms with E-state index in [4.69, 9.17) is 23.7 Å². The quantitative estimate of drug-likeness (QED) is 0.174. The van der Waals surface area contributed by atoms with Crippen LogP contribution in [0.15, 0.2) is 60.8 Å². The highest BCUT2D eigenvalue weighted by atomic mass is 16.7. The number of ether oxygens (including phenoxy) is 5. The summed E-state index contributed by atoms with van der Waals surface area (Å²) >= 11 is 0. The molecule has 1 unspecified atom stereocenters. The third kappa shape index (κ3) is 10.8. The fraction of sp³-hybridized carbons (Fsp3) is 0.500. The number of likely N-dealkylation sites (tertiary alicyclic amines) is 1. The number of amides is 1. The molecule has 0 spiro atoms. The van der Waals surface area contributed by atoms with Gasteiger partial charge in [-0.15, -0.1) is 0 Å². The van der Waals surface area contributed by atoms with Gasteiger partial charge in [-0.2, -0.15) is 0 Å². The predicted octanol–water partition coefficient (Wildman–Crippen LogP) is 6.68. The van der Waals surface area contributed by atoms with E-state index < -0.39 is 35.5 Å². The second-order valence-corrected chi connectivity index (χ2v) is 13.6. The number of hydrogen-bond donors (Lipinski definition) is 0. The Kier molecular flexibility index (Phi) is 11.7. The molecule has 1 amide bonds. The van der Waals surface area contributed by atoms with E-state index in [1.54, 1.807) is 54.8 Å². The highest BCUT2D eigenvalue weighted by molar-refractivity contribution is 5.84. The molecule has 47 heavy (non-hydrogen) atoms. The van der Waals surface area contributed by atoms with Crippen molar-refractivity contribution in [2.75, 3.05) is 33.3 Å². The Balaban J connectivity index is 1.49. The summed E-state index contributed by atoms with van der Waals surface area (Å²) in [6.45, 7) is 12.2. The fourth-order valence-electron chi connectivity index (χ4n) is 5.38. The number of pyridine rings is 1. The van der Waals surface area contributed by atoms with Gasteiger partial charge in [0.05, 0.1) is 12.6 Å². The summed E-state index contributed by atoms with van der Waals surface area (Å²) in [4.78, 5) is 47.3. The topological polar surface area (TPSA) is 117 Å². The average Bonchev–Trinajstić information content (AvgIpc) is 3.01. The van der Waals surface area contributed by atoms with E-state index in [0.717, 1.165) is 22.0 Å². The fourth-order valence-corrected chi connectivity index (χ4v) is 5.38. The standard InChI is InChI=1S/C36H47N3O8/c1-35(2,3)46-33(41)39(23-32(40)44-24-25-11-9-8-10-12-25)26-16-19-38(20-17-26)22-31(45-34(42)47-36(4,5)6)28-15-18-37-30-14-13-27(43-7)21-29(28)30/h8-15,18,21,26,31H,16-17,19-20,22-24H2,1-7H3. The minimum Gasteiger partial charge on any atom is -0.497 e. The van der Waals surface area contributed by atoms with Gasteiger partial charge in [-0.05, 0) is 84.2 Å². The first-order valence-electron chi connectivity index (χ1n) is 15.9. The zero-order valence-electron chi connectivity index (χ0n) is 28.5. The zero-order valence-corrected chi connectivity index (χ0v) is 28.5. The van der Waals surface area contributed by atoms with Crippen LogP contribution in [-0.4, -0.2) is 83.5 Å². The van der Waals surface area contributed by atoms with Crippen molar-refractivity contribution in [3.05, 3.63) is 71.9 Å². The normalized spacial score (nSPS) is 15.0. The van der Waals surface area contributed by atoms with Crippen molar-refractivity contribution in [3.63, 3.8) is 0 Å². The van der Waals surface area contributed by atoms with Gasteiger partial charge in [0.1, 0.15) is 36.2 Å². The summed E-state index contributed by atoms with van der Waals surface area (Å²) in [6, 6.07) is 16.6. The van der Waals surface area contributed by atoms with Crippen LogP contribution >= 0.6 is 0 Å². The molecule has 1 aromatic heterocycles. The Morgan fingerprint density at radius 2 is 1.62 bits per heavy atom. The molecule has 254 valence electrons. The summed E-state index contributed by atoms with van der Waals surface area (Å²) in [6.07, 6.45) is 0.849. The molecule has 2 aromatic carbocycles. The Bertz CT molecular complexity index is 1510. The van der Waals surface area contributed by atoms with Gasteiger partial charge in [-0.3, -0.25) is 19.6 Å². The Labute approximate surface area is 277 Å². The molecule has 1 saturated heterocycles. The molecule has 4 rings (SSSR count). The van der Waals surface area contributed by atoms with E-state index in [2.05, 4.69) is 9.88 Å². The number of benzene rings is 2. The number of fused-ring (bicyclic) bond motifs is 1. The SMILES string of the molecule is COc1ccc2nccc(C(CN3CCC(N(CC(=O)OCc4ccccc4)C(=O)OC(C)(C)C)CC3)OC(=O)OC(C)(C)C)c2c1. The lowest BCUT2D eigenvalue weighted by atomic mass is 10.00. The lowest BCUT2D eigenvalue weighted by Crippen LogP contribution is -2.51. The molecule has 0 radical (unpaired) electrons. The smallest absolute Gasteiger partial charge is 0.497 e. The minimum absolute atomic E-state index is 0.120. The Morgan fingerprint density at radius 3 is 2.26 bits per heavy atom. The van der Waals surface area contributed by atoms with Crippen LogP contribution in [0.4, 0.5) is 9.59 Å². The number of methoxy groups -OCH3 is 1. The van der Waals surface area contributed by atoms with E-state index in [1.807, 2.05) is 54.6 Å². The summed E-state index contributed by atoms with van der Waals surface area (Å²) in [5.74, 6) is 0.154. The molecular formula is C36H47N3O8. The molecule has 0 aliphatic carbocycles. The van der Waals surface area contributed by atoms with Gasteiger partial charge in [0.15, 0.2) is 0 Å². The van der Waals surface area contributed by atoms with Crippen LogP contribution in [0.25, 0.3) is 10.9 Å². The lowest BCUT2D eigenvalue weighted by Gasteiger charge is -2.39. The molecular weight excluding hydrogens is 602 g/mol. The summed E-state index contributed by atoms with van der Waals surface area (Å²) in [7, 11) is 1.60. The molecule has 0 N–H and O–H groups in total. The number of aromatic nitrogens is 1. The maximum atomic E-state index is 13.3. The minimum atomic E-state index is -0.768. The number of esters is 1. The van der Waals surface area contributed by atoms with Crippen LogP contribution in [0.1, 0.15) is 71.6 Å². The van der Waals surface area contributed by atoms with Gasteiger partial charge in [-0.25, -0.2) is 9.59 Å². The third-order valence-electron chi connectivity index (χ3n) is 7.55. The molecule has 3 aromatic rings. The van der Waals surface area contributed by atoms with Crippen LogP contribution in [0.5, 0.6) is 5.75 Å². The van der Waals surface area contributed by atoms with Gasteiger partial charge in [0.25, 0.3) is 0 Å². The van der Waals surface area contributed by atoms with E-state index in [9.17, 15) is 14.4 Å². The Morgan fingerprint density at radius 1 is 0.936 bits per heavy atom. The molecule has 2 heterocycles. The number of carbonyl (C=O) groups is 3. The molecule has 1 aliphatic rings. The van der Waals surface area contributed by atoms with Crippen LogP contribution in [0.3, 0.4) is 0 Å². The molecule has 0 bridgehead atoms. The van der Waals surface area contributed by atoms with E-state index in [1.165, 1.54) is 4.90 Å². The first kappa shape index (κ1) is 35.5. The molecule has 0 saturated carbocycles. The summed E-state index contributed by atoms with van der Waals surface area (Å²) < 4.78 is 28.1. The summed E-state index contributed by atoms with van der Waals surface area (Å²) in [5, 5.41) is 0.806. The first-order valence-corrected chi connectivity index (χ1v) is 15.9. The van der Waals surface area contributed by atoms with Crippen molar-refractivity contribution in [1.29, 1.82) is 0 Å². The molecule has 1 fully saturated rings. The van der Waals surface area contributed by atoms with Gasteiger partial charge in [0, 0.05) is 42.8 Å². The highest BCUT2D eigenvalue weighted by Crippen LogP contribution is 2.31. The monoisotopic (exact) mass is 649 g/mol. The lowest BCUT2D eigenvalue weighted by molar-refractivity contribution is -0.147. The average molecular weight is 650 g/mol. The van der Waals surface area contributed by atoms with Crippen molar-refractivity contribution in [1.82, 2.24) is 14.8 Å². The van der Waals surface area contributed by atoms with Crippen molar-refractivity contribution < 1.29 is 38.1 Å². The number of hydrogen-bond acceptors (Lipinski definition) is 10. The van der Waals surface area contributed by atoms with E-state index in [-0.39, 0.29) is 19.2 Å². The molecule has 1 atom stereocenters. The largest absolute Gasteiger partial charge is 0.509 e. The van der Waals surface area contributed by atoms with Crippen LogP contribution in [0.2, 0.25) is 0 Å². The zero-order chi connectivity index (χ0) is 34.2. The van der Waals surface area contributed by atoms with E-state index >= 15 is 0 Å². The van der Waals surface area contributed by atoms with Crippen LogP contribution < -0.4 is 4.74 Å². The van der Waals surface area contributed by atoms with E-state index in [0.29, 0.717) is 38.2 Å².